The van der Waals surface area contributed by atoms with E-state index in [-0.39, 0.29) is 17.4 Å². The molecule has 0 radical (unpaired) electrons. The largest absolute Gasteiger partial charge is 0.433 e. The average molecular weight is 298 g/mol. The van der Waals surface area contributed by atoms with Crippen LogP contribution in [0.5, 0.6) is 0 Å². The van der Waals surface area contributed by atoms with Crippen LogP contribution in [0.2, 0.25) is 0 Å². The summed E-state index contributed by atoms with van der Waals surface area (Å²) in [7, 11) is 0. The maximum Gasteiger partial charge on any atom is 0.433 e. The van der Waals surface area contributed by atoms with Crippen molar-refractivity contribution in [3.05, 3.63) is 23.4 Å². The van der Waals surface area contributed by atoms with Gasteiger partial charge < -0.3 is 11.1 Å². The summed E-state index contributed by atoms with van der Waals surface area (Å²) in [4.78, 5) is 3.56. The predicted molar refractivity (Wildman–Crippen MR) is 72.4 cm³/mol. The molecule has 0 aliphatic heterocycles. The zero-order chi connectivity index (χ0) is 15.5. The van der Waals surface area contributed by atoms with E-state index in [1.165, 1.54) is 0 Å². The fourth-order valence-electron chi connectivity index (χ4n) is 2.72. The normalized spacial score (nSPS) is 17.5. The Labute approximate surface area is 121 Å². The lowest BCUT2D eigenvalue weighted by molar-refractivity contribution is -0.141. The molecule has 2 rings (SSSR count). The summed E-state index contributed by atoms with van der Waals surface area (Å²) in [5, 5.41) is 12.0. The van der Waals surface area contributed by atoms with Gasteiger partial charge in [0.2, 0.25) is 0 Å². The molecular formula is C14H17F3N4. The molecule has 0 saturated heterocycles. The number of anilines is 1. The van der Waals surface area contributed by atoms with Crippen LogP contribution in [0.1, 0.15) is 36.9 Å². The third kappa shape index (κ3) is 3.64. The van der Waals surface area contributed by atoms with Gasteiger partial charge in [0.1, 0.15) is 17.6 Å². The molecule has 114 valence electrons. The molecule has 1 saturated carbocycles. The van der Waals surface area contributed by atoms with Crippen LogP contribution in [0.3, 0.4) is 0 Å². The third-order valence-corrected chi connectivity index (χ3v) is 3.85. The topological polar surface area (TPSA) is 74.7 Å². The van der Waals surface area contributed by atoms with Gasteiger partial charge in [-0.25, -0.2) is 4.98 Å². The quantitative estimate of drug-likeness (QED) is 0.896. The summed E-state index contributed by atoms with van der Waals surface area (Å²) < 4.78 is 38.2. The van der Waals surface area contributed by atoms with Gasteiger partial charge in [-0.05, 0) is 30.9 Å². The molecule has 1 atom stereocenters. The number of nitrogens with zero attached hydrogens (tertiary/aromatic N) is 2. The van der Waals surface area contributed by atoms with Gasteiger partial charge in [-0.3, -0.25) is 0 Å². The SMILES string of the molecule is N#Cc1ccc(C(F)(F)F)nc1NC(CN)C1CCCC1. The van der Waals surface area contributed by atoms with Crippen molar-refractivity contribution in [3.63, 3.8) is 0 Å². The number of alkyl halides is 3. The highest BCUT2D eigenvalue weighted by Crippen LogP contribution is 2.32. The number of nitrogens with one attached hydrogen (secondary N) is 1. The lowest BCUT2D eigenvalue weighted by Crippen LogP contribution is -2.36. The molecule has 1 aliphatic rings. The molecule has 7 heteroatoms. The van der Waals surface area contributed by atoms with Crippen LogP contribution in [0.15, 0.2) is 12.1 Å². The number of halogens is 3. The molecular weight excluding hydrogens is 281 g/mol. The van der Waals surface area contributed by atoms with Crippen LogP contribution in [-0.4, -0.2) is 17.6 Å². The summed E-state index contributed by atoms with van der Waals surface area (Å²) in [6.45, 7) is 0.299. The van der Waals surface area contributed by atoms with Crippen molar-refractivity contribution in [3.8, 4) is 6.07 Å². The molecule has 1 heterocycles. The molecule has 4 nitrogen and oxygen atoms in total. The van der Waals surface area contributed by atoms with Gasteiger partial charge in [-0.2, -0.15) is 18.4 Å². The second-order valence-corrected chi connectivity index (χ2v) is 5.23. The van der Waals surface area contributed by atoms with E-state index in [4.69, 9.17) is 11.0 Å². The van der Waals surface area contributed by atoms with Crippen molar-refractivity contribution in [1.82, 2.24) is 4.98 Å². The summed E-state index contributed by atoms with van der Waals surface area (Å²) in [6.07, 6.45) is -0.338. The molecule has 0 aromatic carbocycles. The molecule has 21 heavy (non-hydrogen) atoms. The van der Waals surface area contributed by atoms with E-state index in [0.717, 1.165) is 37.8 Å². The fraction of sp³-hybridized carbons (Fsp3) is 0.571. The highest BCUT2D eigenvalue weighted by Gasteiger charge is 2.33. The first-order chi connectivity index (χ1) is 9.95. The van der Waals surface area contributed by atoms with E-state index < -0.39 is 11.9 Å². The van der Waals surface area contributed by atoms with Crippen LogP contribution in [0, 0.1) is 17.2 Å². The molecule has 1 unspecified atom stereocenters. The molecule has 1 fully saturated rings. The van der Waals surface area contributed by atoms with Gasteiger partial charge >= 0.3 is 6.18 Å². The van der Waals surface area contributed by atoms with Gasteiger partial charge in [0.25, 0.3) is 0 Å². The third-order valence-electron chi connectivity index (χ3n) is 3.85. The first-order valence-corrected chi connectivity index (χ1v) is 6.90. The van der Waals surface area contributed by atoms with Crippen molar-refractivity contribution >= 4 is 5.82 Å². The fourth-order valence-corrected chi connectivity index (χ4v) is 2.72. The van der Waals surface area contributed by atoms with Gasteiger partial charge in [0.05, 0.1) is 5.56 Å². The Hall–Kier alpha value is -1.81. The number of nitrogens with two attached hydrogens (primary N) is 1. The summed E-state index contributed by atoms with van der Waals surface area (Å²) >= 11 is 0. The zero-order valence-corrected chi connectivity index (χ0v) is 11.5. The van der Waals surface area contributed by atoms with Crippen molar-refractivity contribution in [2.24, 2.45) is 11.7 Å². The van der Waals surface area contributed by atoms with Gasteiger partial charge in [0.15, 0.2) is 0 Å². The highest BCUT2D eigenvalue weighted by molar-refractivity contribution is 5.53. The Balaban J connectivity index is 2.26. The zero-order valence-electron chi connectivity index (χ0n) is 11.5. The van der Waals surface area contributed by atoms with Crippen LogP contribution in [-0.2, 0) is 6.18 Å². The van der Waals surface area contributed by atoms with Crippen molar-refractivity contribution in [2.75, 3.05) is 11.9 Å². The number of rotatable bonds is 4. The minimum atomic E-state index is -4.53. The lowest BCUT2D eigenvalue weighted by atomic mass is 9.98. The molecule has 0 bridgehead atoms. The standard InChI is InChI=1S/C14H17F3N4/c15-14(16,17)12-6-5-10(7-18)13(21-12)20-11(8-19)9-3-1-2-4-9/h5-6,9,11H,1-4,8,19H2,(H,20,21). The van der Waals surface area contributed by atoms with E-state index in [1.807, 2.05) is 6.07 Å². The summed E-state index contributed by atoms with van der Waals surface area (Å²) in [6, 6.07) is 3.66. The van der Waals surface area contributed by atoms with Crippen molar-refractivity contribution in [1.29, 1.82) is 5.26 Å². The van der Waals surface area contributed by atoms with Crippen LogP contribution in [0.4, 0.5) is 19.0 Å². The molecule has 0 spiro atoms. The monoisotopic (exact) mass is 298 g/mol. The van der Waals surface area contributed by atoms with E-state index >= 15 is 0 Å². The number of hydrogen-bond acceptors (Lipinski definition) is 4. The maximum absolute atomic E-state index is 12.7. The minimum Gasteiger partial charge on any atom is -0.365 e. The molecule has 1 aromatic heterocycles. The Morgan fingerprint density at radius 1 is 1.38 bits per heavy atom. The van der Waals surface area contributed by atoms with Crippen molar-refractivity contribution in [2.45, 2.75) is 37.9 Å². The Kier molecular flexibility index (Phi) is 4.68. The van der Waals surface area contributed by atoms with E-state index in [2.05, 4.69) is 10.3 Å². The summed E-state index contributed by atoms with van der Waals surface area (Å²) in [5.74, 6) is 0.285. The van der Waals surface area contributed by atoms with Crippen LogP contribution >= 0.6 is 0 Å². The Morgan fingerprint density at radius 3 is 2.57 bits per heavy atom. The van der Waals surface area contributed by atoms with Gasteiger partial charge in [-0.1, -0.05) is 12.8 Å². The van der Waals surface area contributed by atoms with Crippen molar-refractivity contribution < 1.29 is 13.2 Å². The molecule has 0 amide bonds. The van der Waals surface area contributed by atoms with Gasteiger partial charge in [-0.15, -0.1) is 0 Å². The van der Waals surface area contributed by atoms with E-state index in [0.29, 0.717) is 12.5 Å². The molecule has 1 aromatic rings. The number of pyridine rings is 1. The maximum atomic E-state index is 12.7. The number of nitriles is 1. The highest BCUT2D eigenvalue weighted by atomic mass is 19.4. The second-order valence-electron chi connectivity index (χ2n) is 5.23. The number of aromatic nitrogens is 1. The Bertz CT molecular complexity index is 530. The summed E-state index contributed by atoms with van der Waals surface area (Å²) in [5.41, 5.74) is 4.81. The first-order valence-electron chi connectivity index (χ1n) is 6.90. The van der Waals surface area contributed by atoms with Crippen LogP contribution in [0.25, 0.3) is 0 Å². The van der Waals surface area contributed by atoms with E-state index in [9.17, 15) is 13.2 Å². The predicted octanol–water partition coefficient (Wildman–Crippen LogP) is 2.90. The van der Waals surface area contributed by atoms with Crippen LogP contribution < -0.4 is 11.1 Å². The average Bonchev–Trinajstić information content (AvgIpc) is 2.97. The first kappa shape index (κ1) is 15.6. The number of hydrogen-bond donors (Lipinski definition) is 2. The molecule has 1 aliphatic carbocycles. The molecule has 3 N–H and O–H groups in total. The van der Waals surface area contributed by atoms with E-state index in [1.54, 1.807) is 0 Å². The lowest BCUT2D eigenvalue weighted by Gasteiger charge is -2.24. The Morgan fingerprint density at radius 2 is 2.05 bits per heavy atom. The smallest absolute Gasteiger partial charge is 0.365 e. The van der Waals surface area contributed by atoms with Gasteiger partial charge in [0, 0.05) is 12.6 Å². The second kappa shape index (κ2) is 6.31. The minimum absolute atomic E-state index is 0.0327.